The predicted molar refractivity (Wildman–Crippen MR) is 149 cm³/mol. The minimum absolute atomic E-state index is 0.132. The number of β-lactam (4-membered cyclic amide) rings is 1. The summed E-state index contributed by atoms with van der Waals surface area (Å²) in [7, 11) is 0. The van der Waals surface area contributed by atoms with Crippen LogP contribution in [0.5, 0.6) is 11.5 Å². The number of carbonyl (C=O) groups excluding carboxylic acids is 1. The maximum Gasteiger partial charge on any atom is 0.271 e. The number of benzene rings is 4. The highest BCUT2D eigenvalue weighted by atomic mass is 35.5. The molecule has 0 saturated carbocycles. The monoisotopic (exact) mass is 536 g/mol. The Labute approximate surface area is 231 Å². The van der Waals surface area contributed by atoms with Crippen LogP contribution >= 0.6 is 11.6 Å². The molecule has 8 heteroatoms. The van der Waals surface area contributed by atoms with Gasteiger partial charge in [-0.15, -0.1) is 5.10 Å². The van der Waals surface area contributed by atoms with Gasteiger partial charge >= 0.3 is 0 Å². The van der Waals surface area contributed by atoms with E-state index in [1.165, 1.54) is 0 Å². The lowest BCUT2D eigenvalue weighted by molar-refractivity contribution is -0.135. The number of ether oxygens (including phenoxy) is 2. The normalized spacial score (nSPS) is 16.5. The molecule has 1 fully saturated rings. The largest absolute Gasteiger partial charge is 0.487 e. The van der Waals surface area contributed by atoms with Gasteiger partial charge in [-0.1, -0.05) is 83.5 Å². The van der Waals surface area contributed by atoms with E-state index in [9.17, 15) is 4.79 Å². The van der Waals surface area contributed by atoms with E-state index in [-0.39, 0.29) is 18.6 Å². The molecule has 0 bridgehead atoms. The van der Waals surface area contributed by atoms with Crippen molar-refractivity contribution < 1.29 is 14.3 Å². The van der Waals surface area contributed by atoms with E-state index in [0.717, 1.165) is 22.5 Å². The van der Waals surface area contributed by atoms with Gasteiger partial charge in [-0.25, -0.2) is 4.68 Å². The molecule has 2 unspecified atom stereocenters. The van der Waals surface area contributed by atoms with Gasteiger partial charge in [0.05, 0.1) is 12.7 Å². The number of halogens is 1. The van der Waals surface area contributed by atoms with E-state index < -0.39 is 6.10 Å². The molecule has 1 aromatic heterocycles. The summed E-state index contributed by atoms with van der Waals surface area (Å²) in [6.07, 6.45) is 1.20. The Kier molecular flexibility index (Phi) is 6.97. The molecule has 4 aromatic carbocycles. The average Bonchev–Trinajstić information content (AvgIpc) is 3.42. The molecule has 0 radical (unpaired) electrons. The van der Waals surface area contributed by atoms with Gasteiger partial charge in [0, 0.05) is 10.7 Å². The third kappa shape index (κ3) is 5.35. The Morgan fingerprint density at radius 3 is 2.23 bits per heavy atom. The van der Waals surface area contributed by atoms with Crippen LogP contribution in [0.3, 0.4) is 0 Å². The van der Waals surface area contributed by atoms with Gasteiger partial charge in [-0.2, -0.15) is 0 Å². The van der Waals surface area contributed by atoms with E-state index in [1.54, 1.807) is 9.58 Å². The lowest BCUT2D eigenvalue weighted by atomic mass is 9.89. The molecule has 2 heterocycles. The first-order chi connectivity index (χ1) is 19.2. The van der Waals surface area contributed by atoms with Crippen molar-refractivity contribution in [2.24, 2.45) is 0 Å². The van der Waals surface area contributed by atoms with Crippen LogP contribution in [0, 0.1) is 0 Å². The minimum Gasteiger partial charge on any atom is -0.487 e. The highest BCUT2D eigenvalue weighted by Crippen LogP contribution is 2.43. The molecule has 5 aromatic rings. The standard InChI is InChI=1S/C31H25ClN4O3/c32-28-14-8-7-13-27(28)29-30(39-26-11-5-2-6-12-26)31(37)36(29)24-15-17-25(18-16-24)38-21-23-20-35(34-33-23)19-22-9-3-1-4-10-22/h1-18,20,29-30H,19,21H2. The second-order valence-corrected chi connectivity index (χ2v) is 9.61. The quantitative estimate of drug-likeness (QED) is 0.213. The number of para-hydroxylation sites is 1. The zero-order valence-corrected chi connectivity index (χ0v) is 21.7. The molecule has 2 atom stereocenters. The first-order valence-corrected chi connectivity index (χ1v) is 13.0. The lowest BCUT2D eigenvalue weighted by Gasteiger charge is -2.47. The lowest BCUT2D eigenvalue weighted by Crippen LogP contribution is -2.61. The second-order valence-electron chi connectivity index (χ2n) is 9.20. The number of rotatable bonds is 9. The Balaban J connectivity index is 1.15. The molecule has 1 amide bonds. The van der Waals surface area contributed by atoms with Gasteiger partial charge in [-0.05, 0) is 53.6 Å². The van der Waals surface area contributed by atoms with Crippen molar-refractivity contribution in [1.82, 2.24) is 15.0 Å². The number of nitrogens with zero attached hydrogens (tertiary/aromatic N) is 4. The second kappa shape index (κ2) is 11.0. The molecule has 6 rings (SSSR count). The highest BCUT2D eigenvalue weighted by molar-refractivity contribution is 6.31. The van der Waals surface area contributed by atoms with Gasteiger partial charge in [0.1, 0.15) is 29.8 Å². The fourth-order valence-electron chi connectivity index (χ4n) is 4.64. The number of amides is 1. The predicted octanol–water partition coefficient (Wildman–Crippen LogP) is 6.09. The first-order valence-electron chi connectivity index (χ1n) is 12.6. The van der Waals surface area contributed by atoms with Gasteiger partial charge in [-0.3, -0.25) is 9.69 Å². The molecule has 1 aliphatic heterocycles. The Morgan fingerprint density at radius 1 is 0.795 bits per heavy atom. The van der Waals surface area contributed by atoms with Crippen molar-refractivity contribution >= 4 is 23.2 Å². The van der Waals surface area contributed by atoms with Crippen molar-refractivity contribution in [3.63, 3.8) is 0 Å². The fraction of sp³-hybridized carbons (Fsp3) is 0.129. The Bertz CT molecular complexity index is 1560. The van der Waals surface area contributed by atoms with Crippen LogP contribution in [0.25, 0.3) is 0 Å². The number of carbonyl (C=O) groups is 1. The summed E-state index contributed by atoms with van der Waals surface area (Å²) < 4.78 is 13.8. The number of hydrogen-bond acceptors (Lipinski definition) is 5. The third-order valence-corrected chi connectivity index (χ3v) is 6.90. The number of hydrogen-bond donors (Lipinski definition) is 0. The summed E-state index contributed by atoms with van der Waals surface area (Å²) in [6, 6.07) is 34.0. The van der Waals surface area contributed by atoms with Crippen LogP contribution in [0.1, 0.15) is 22.9 Å². The van der Waals surface area contributed by atoms with Crippen molar-refractivity contribution in [1.29, 1.82) is 0 Å². The topological polar surface area (TPSA) is 69.5 Å². The molecule has 0 spiro atoms. The SMILES string of the molecule is O=C1C(Oc2ccccc2)C(c2ccccc2Cl)N1c1ccc(OCc2cn(Cc3ccccc3)nn2)cc1. The molecule has 0 aliphatic carbocycles. The summed E-state index contributed by atoms with van der Waals surface area (Å²) >= 11 is 6.55. The van der Waals surface area contributed by atoms with Crippen molar-refractivity contribution in [2.75, 3.05) is 4.90 Å². The van der Waals surface area contributed by atoms with E-state index in [4.69, 9.17) is 21.1 Å². The van der Waals surface area contributed by atoms with E-state index in [1.807, 2.05) is 103 Å². The van der Waals surface area contributed by atoms with Crippen LogP contribution in [0.15, 0.2) is 115 Å². The summed E-state index contributed by atoms with van der Waals surface area (Å²) in [4.78, 5) is 15.0. The Hall–Kier alpha value is -4.62. The molecule has 0 N–H and O–H groups in total. The zero-order chi connectivity index (χ0) is 26.6. The summed E-state index contributed by atoms with van der Waals surface area (Å²) in [5, 5.41) is 8.98. The van der Waals surface area contributed by atoms with Gasteiger partial charge in [0.25, 0.3) is 5.91 Å². The zero-order valence-electron chi connectivity index (χ0n) is 20.9. The van der Waals surface area contributed by atoms with Gasteiger partial charge in [0.15, 0.2) is 0 Å². The third-order valence-electron chi connectivity index (χ3n) is 6.55. The van der Waals surface area contributed by atoms with E-state index in [2.05, 4.69) is 22.4 Å². The molecule has 39 heavy (non-hydrogen) atoms. The maximum atomic E-state index is 13.3. The van der Waals surface area contributed by atoms with E-state index in [0.29, 0.717) is 23.1 Å². The van der Waals surface area contributed by atoms with Gasteiger partial charge < -0.3 is 9.47 Å². The summed E-state index contributed by atoms with van der Waals surface area (Å²) in [5.41, 5.74) is 3.45. The van der Waals surface area contributed by atoms with Crippen molar-refractivity contribution in [3.8, 4) is 11.5 Å². The molecule has 1 saturated heterocycles. The first kappa shape index (κ1) is 24.7. The number of aromatic nitrogens is 3. The fourth-order valence-corrected chi connectivity index (χ4v) is 4.89. The van der Waals surface area contributed by atoms with Crippen LogP contribution in [-0.2, 0) is 17.9 Å². The van der Waals surface area contributed by atoms with Crippen LogP contribution < -0.4 is 14.4 Å². The van der Waals surface area contributed by atoms with Crippen LogP contribution in [0.2, 0.25) is 5.02 Å². The maximum absolute atomic E-state index is 13.3. The van der Waals surface area contributed by atoms with Crippen molar-refractivity contribution in [3.05, 3.63) is 137 Å². The molecule has 194 valence electrons. The summed E-state index contributed by atoms with van der Waals surface area (Å²) in [6.45, 7) is 0.931. The van der Waals surface area contributed by atoms with Crippen molar-refractivity contribution in [2.45, 2.75) is 25.3 Å². The molecule has 1 aliphatic rings. The molecular formula is C31H25ClN4O3. The van der Waals surface area contributed by atoms with E-state index >= 15 is 0 Å². The highest BCUT2D eigenvalue weighted by Gasteiger charge is 2.51. The van der Waals surface area contributed by atoms with Crippen LogP contribution in [-0.4, -0.2) is 27.0 Å². The van der Waals surface area contributed by atoms with Crippen LogP contribution in [0.4, 0.5) is 5.69 Å². The smallest absolute Gasteiger partial charge is 0.271 e. The number of anilines is 1. The minimum atomic E-state index is -0.679. The average molecular weight is 537 g/mol. The van der Waals surface area contributed by atoms with Gasteiger partial charge in [0.2, 0.25) is 6.10 Å². The molecule has 7 nitrogen and oxygen atoms in total. The molecular weight excluding hydrogens is 512 g/mol. The summed E-state index contributed by atoms with van der Waals surface area (Å²) in [5.74, 6) is 1.17. The Morgan fingerprint density at radius 2 is 1.49 bits per heavy atom.